The highest BCUT2D eigenvalue weighted by Gasteiger charge is 2.31. The fourth-order valence-electron chi connectivity index (χ4n) is 1.54. The second-order valence-corrected chi connectivity index (χ2v) is 4.24. The summed E-state index contributed by atoms with van der Waals surface area (Å²) in [4.78, 5) is 12.5. The van der Waals surface area contributed by atoms with Gasteiger partial charge in [0.15, 0.2) is 5.60 Å². The van der Waals surface area contributed by atoms with E-state index < -0.39 is 11.6 Å². The van der Waals surface area contributed by atoms with Crippen LogP contribution in [0, 0.1) is 0 Å². The molecule has 4 nitrogen and oxygen atoms in total. The number of likely N-dealkylation sites (N-methyl/N-ethyl adjacent to an activating group) is 1. The Morgan fingerprint density at radius 3 is 2.44 bits per heavy atom. The first-order chi connectivity index (χ1) is 7.42. The second kappa shape index (κ2) is 5.09. The molecule has 0 heterocycles. The van der Waals surface area contributed by atoms with Crippen molar-refractivity contribution in [3.05, 3.63) is 35.9 Å². The molecule has 1 unspecified atom stereocenters. The molecule has 0 bridgehead atoms. The first-order valence-electron chi connectivity index (χ1n) is 5.10. The molecule has 0 fully saturated rings. The molecule has 0 saturated heterocycles. The van der Waals surface area contributed by atoms with E-state index in [4.69, 9.17) is 5.11 Å². The van der Waals surface area contributed by atoms with Gasteiger partial charge in [0, 0.05) is 13.1 Å². The topological polar surface area (TPSA) is 60.8 Å². The molecule has 0 spiro atoms. The SMILES string of the molecule is CN(Cc1ccccc1)CC(C)(O)C(=O)O. The van der Waals surface area contributed by atoms with Crippen molar-refractivity contribution in [1.82, 2.24) is 4.90 Å². The van der Waals surface area contributed by atoms with Crippen LogP contribution in [0.3, 0.4) is 0 Å². The van der Waals surface area contributed by atoms with Crippen LogP contribution in [0.15, 0.2) is 30.3 Å². The quantitative estimate of drug-likeness (QED) is 0.780. The zero-order valence-electron chi connectivity index (χ0n) is 9.55. The Balaban J connectivity index is 2.54. The van der Waals surface area contributed by atoms with Crippen molar-refractivity contribution in [3.8, 4) is 0 Å². The molecule has 0 saturated carbocycles. The van der Waals surface area contributed by atoms with Gasteiger partial charge in [-0.25, -0.2) is 4.79 Å². The lowest BCUT2D eigenvalue weighted by Crippen LogP contribution is -2.45. The number of hydrogen-bond donors (Lipinski definition) is 2. The molecule has 16 heavy (non-hydrogen) atoms. The highest BCUT2D eigenvalue weighted by molar-refractivity contribution is 5.76. The highest BCUT2D eigenvalue weighted by Crippen LogP contribution is 2.09. The van der Waals surface area contributed by atoms with Gasteiger partial charge >= 0.3 is 5.97 Å². The molecule has 2 N–H and O–H groups in total. The Bertz CT molecular complexity index is 349. The molecule has 0 aliphatic rings. The molecule has 0 aromatic heterocycles. The van der Waals surface area contributed by atoms with Gasteiger partial charge in [0.1, 0.15) is 0 Å². The third-order valence-electron chi connectivity index (χ3n) is 2.33. The van der Waals surface area contributed by atoms with Gasteiger partial charge in [0.2, 0.25) is 0 Å². The van der Waals surface area contributed by atoms with Crippen molar-refractivity contribution in [2.24, 2.45) is 0 Å². The Hall–Kier alpha value is -1.39. The Kier molecular flexibility index (Phi) is 4.04. The largest absolute Gasteiger partial charge is 0.479 e. The van der Waals surface area contributed by atoms with Gasteiger partial charge in [-0.1, -0.05) is 30.3 Å². The predicted molar refractivity (Wildman–Crippen MR) is 61.0 cm³/mol. The Morgan fingerprint density at radius 2 is 1.94 bits per heavy atom. The molecular weight excluding hydrogens is 206 g/mol. The van der Waals surface area contributed by atoms with Crippen molar-refractivity contribution in [1.29, 1.82) is 0 Å². The first-order valence-corrected chi connectivity index (χ1v) is 5.10. The molecule has 1 aromatic carbocycles. The average molecular weight is 223 g/mol. The summed E-state index contributed by atoms with van der Waals surface area (Å²) in [6, 6.07) is 9.71. The standard InChI is InChI=1S/C12H17NO3/c1-12(16,11(14)15)9-13(2)8-10-6-4-3-5-7-10/h3-7,16H,8-9H2,1-2H3,(H,14,15). The second-order valence-electron chi connectivity index (χ2n) is 4.24. The number of carbonyl (C=O) groups is 1. The van der Waals surface area contributed by atoms with E-state index in [1.54, 1.807) is 11.9 Å². The van der Waals surface area contributed by atoms with E-state index in [1.165, 1.54) is 6.92 Å². The highest BCUT2D eigenvalue weighted by atomic mass is 16.4. The summed E-state index contributed by atoms with van der Waals surface area (Å²) in [5.74, 6) is -1.20. The number of rotatable bonds is 5. The molecule has 0 amide bonds. The monoisotopic (exact) mass is 223 g/mol. The van der Waals surface area contributed by atoms with Gasteiger partial charge in [-0.05, 0) is 19.5 Å². The lowest BCUT2D eigenvalue weighted by Gasteiger charge is -2.25. The van der Waals surface area contributed by atoms with Crippen molar-refractivity contribution in [2.75, 3.05) is 13.6 Å². The maximum atomic E-state index is 10.7. The van der Waals surface area contributed by atoms with Gasteiger partial charge in [-0.3, -0.25) is 4.90 Å². The van der Waals surface area contributed by atoms with Crippen LogP contribution in [0.4, 0.5) is 0 Å². The maximum Gasteiger partial charge on any atom is 0.336 e. The zero-order chi connectivity index (χ0) is 12.2. The van der Waals surface area contributed by atoms with Crippen molar-refractivity contribution in [3.63, 3.8) is 0 Å². The van der Waals surface area contributed by atoms with Crippen LogP contribution in [-0.4, -0.2) is 40.3 Å². The zero-order valence-corrected chi connectivity index (χ0v) is 9.55. The molecule has 1 aromatic rings. The predicted octanol–water partition coefficient (Wildman–Crippen LogP) is 0.954. The van der Waals surface area contributed by atoms with E-state index in [1.807, 2.05) is 30.3 Å². The van der Waals surface area contributed by atoms with Crippen LogP contribution in [0.2, 0.25) is 0 Å². The average Bonchev–Trinajstić information content (AvgIpc) is 2.17. The molecule has 1 rings (SSSR count). The lowest BCUT2D eigenvalue weighted by molar-refractivity contribution is -0.158. The van der Waals surface area contributed by atoms with E-state index in [-0.39, 0.29) is 6.54 Å². The fraction of sp³-hybridized carbons (Fsp3) is 0.417. The molecule has 1 atom stereocenters. The molecule has 0 radical (unpaired) electrons. The third kappa shape index (κ3) is 3.64. The van der Waals surface area contributed by atoms with Crippen LogP contribution in [0.1, 0.15) is 12.5 Å². The van der Waals surface area contributed by atoms with E-state index >= 15 is 0 Å². The van der Waals surface area contributed by atoms with Crippen molar-refractivity contribution < 1.29 is 15.0 Å². The fourth-order valence-corrected chi connectivity index (χ4v) is 1.54. The summed E-state index contributed by atoms with van der Waals surface area (Å²) in [6.07, 6.45) is 0. The van der Waals surface area contributed by atoms with E-state index in [0.29, 0.717) is 6.54 Å². The third-order valence-corrected chi connectivity index (χ3v) is 2.33. The molecule has 0 aliphatic carbocycles. The van der Waals surface area contributed by atoms with Gasteiger partial charge in [0.05, 0.1) is 0 Å². The number of aliphatic carboxylic acids is 1. The van der Waals surface area contributed by atoms with Crippen LogP contribution >= 0.6 is 0 Å². The molecule has 0 aliphatic heterocycles. The minimum Gasteiger partial charge on any atom is -0.479 e. The summed E-state index contributed by atoms with van der Waals surface area (Å²) in [5, 5.41) is 18.4. The summed E-state index contributed by atoms with van der Waals surface area (Å²) in [6.45, 7) is 2.01. The molecule has 4 heteroatoms. The van der Waals surface area contributed by atoms with Crippen molar-refractivity contribution >= 4 is 5.97 Å². The van der Waals surface area contributed by atoms with Crippen LogP contribution in [-0.2, 0) is 11.3 Å². The summed E-state index contributed by atoms with van der Waals surface area (Å²) in [5.41, 5.74) is -0.616. The minimum absolute atomic E-state index is 0.0945. The summed E-state index contributed by atoms with van der Waals surface area (Å²) < 4.78 is 0. The normalized spacial score (nSPS) is 14.8. The van der Waals surface area contributed by atoms with Gasteiger partial charge in [-0.2, -0.15) is 0 Å². The molecule has 88 valence electrons. The minimum atomic E-state index is -1.70. The Labute approximate surface area is 95.1 Å². The van der Waals surface area contributed by atoms with Crippen molar-refractivity contribution in [2.45, 2.75) is 19.1 Å². The summed E-state index contributed by atoms with van der Waals surface area (Å²) >= 11 is 0. The number of carboxylic acid groups (broad SMARTS) is 1. The van der Waals surface area contributed by atoms with Crippen LogP contribution in [0.5, 0.6) is 0 Å². The Morgan fingerprint density at radius 1 is 1.38 bits per heavy atom. The smallest absolute Gasteiger partial charge is 0.336 e. The van der Waals surface area contributed by atoms with Crippen LogP contribution in [0.25, 0.3) is 0 Å². The van der Waals surface area contributed by atoms with E-state index in [2.05, 4.69) is 0 Å². The number of nitrogens with zero attached hydrogens (tertiary/aromatic N) is 1. The van der Waals surface area contributed by atoms with E-state index in [0.717, 1.165) is 5.56 Å². The lowest BCUT2D eigenvalue weighted by atomic mass is 10.1. The number of hydrogen-bond acceptors (Lipinski definition) is 3. The first kappa shape index (κ1) is 12.7. The van der Waals surface area contributed by atoms with E-state index in [9.17, 15) is 9.90 Å². The van der Waals surface area contributed by atoms with Gasteiger partial charge in [-0.15, -0.1) is 0 Å². The van der Waals surface area contributed by atoms with Gasteiger partial charge in [0.25, 0.3) is 0 Å². The summed E-state index contributed by atoms with van der Waals surface area (Å²) in [7, 11) is 1.78. The molecular formula is C12H17NO3. The maximum absolute atomic E-state index is 10.7. The number of benzene rings is 1. The number of carboxylic acids is 1. The van der Waals surface area contributed by atoms with Crippen LogP contribution < -0.4 is 0 Å². The number of aliphatic hydroxyl groups is 1. The van der Waals surface area contributed by atoms with Gasteiger partial charge < -0.3 is 10.2 Å².